The molecule has 0 fully saturated rings. The van der Waals surface area contributed by atoms with Crippen LogP contribution in [-0.2, 0) is 6.42 Å². The van der Waals surface area contributed by atoms with Crippen molar-refractivity contribution in [2.45, 2.75) is 19.8 Å². The molecule has 0 amide bonds. The lowest BCUT2D eigenvalue weighted by atomic mass is 10.1. The van der Waals surface area contributed by atoms with E-state index < -0.39 is 0 Å². The normalized spacial score (nSPS) is 10.0. The van der Waals surface area contributed by atoms with E-state index in [2.05, 4.69) is 23.4 Å². The van der Waals surface area contributed by atoms with Crippen LogP contribution >= 0.6 is 12.4 Å². The first-order valence-electron chi connectivity index (χ1n) is 5.62. The van der Waals surface area contributed by atoms with Gasteiger partial charge in [0.2, 0.25) is 0 Å². The standard InChI is InChI=1S/C13H17N3.ClH/c1-11-12(6-5-9-14)10-16(15-11)13-7-3-2-4-8-13;/h2-4,7-8,10H,5-6,9,14H2,1H3;1H. The summed E-state index contributed by atoms with van der Waals surface area (Å²) in [6.07, 6.45) is 4.12. The summed E-state index contributed by atoms with van der Waals surface area (Å²) in [5, 5.41) is 4.51. The molecule has 92 valence electrons. The summed E-state index contributed by atoms with van der Waals surface area (Å²) >= 11 is 0. The molecule has 1 heterocycles. The Hall–Kier alpha value is -1.32. The van der Waals surface area contributed by atoms with Gasteiger partial charge in [-0.25, -0.2) is 4.68 Å². The van der Waals surface area contributed by atoms with Crippen molar-refractivity contribution in [1.82, 2.24) is 9.78 Å². The summed E-state index contributed by atoms with van der Waals surface area (Å²) in [5.41, 5.74) is 9.00. The van der Waals surface area contributed by atoms with Gasteiger partial charge in [-0.05, 0) is 44.0 Å². The Labute approximate surface area is 108 Å². The van der Waals surface area contributed by atoms with E-state index in [1.807, 2.05) is 29.8 Å². The summed E-state index contributed by atoms with van der Waals surface area (Å²) in [6.45, 7) is 2.78. The molecule has 3 nitrogen and oxygen atoms in total. The maximum atomic E-state index is 5.52. The van der Waals surface area contributed by atoms with Gasteiger partial charge in [-0.2, -0.15) is 5.10 Å². The quantitative estimate of drug-likeness (QED) is 0.907. The number of nitrogens with zero attached hydrogens (tertiary/aromatic N) is 2. The molecule has 2 N–H and O–H groups in total. The molecule has 0 aliphatic rings. The zero-order valence-corrected chi connectivity index (χ0v) is 10.8. The molecule has 2 rings (SSSR count). The van der Waals surface area contributed by atoms with Crippen LogP contribution in [0.1, 0.15) is 17.7 Å². The van der Waals surface area contributed by atoms with Gasteiger partial charge in [-0.1, -0.05) is 18.2 Å². The number of hydrogen-bond acceptors (Lipinski definition) is 2. The van der Waals surface area contributed by atoms with Crippen LogP contribution in [0.2, 0.25) is 0 Å². The Balaban J connectivity index is 0.00000144. The first-order chi connectivity index (χ1) is 7.81. The van der Waals surface area contributed by atoms with Crippen molar-refractivity contribution >= 4 is 12.4 Å². The van der Waals surface area contributed by atoms with E-state index in [0.29, 0.717) is 0 Å². The third-order valence-corrected chi connectivity index (χ3v) is 2.67. The summed E-state index contributed by atoms with van der Waals surface area (Å²) < 4.78 is 1.93. The molecule has 0 atom stereocenters. The van der Waals surface area contributed by atoms with Crippen LogP contribution in [0.4, 0.5) is 0 Å². The minimum Gasteiger partial charge on any atom is -0.330 e. The molecule has 1 aromatic heterocycles. The summed E-state index contributed by atoms with van der Waals surface area (Å²) in [6, 6.07) is 10.2. The molecule has 17 heavy (non-hydrogen) atoms. The molecule has 0 radical (unpaired) electrons. The van der Waals surface area contributed by atoms with Crippen LogP contribution in [0, 0.1) is 6.92 Å². The number of aromatic nitrogens is 2. The predicted molar refractivity (Wildman–Crippen MR) is 72.9 cm³/mol. The number of aryl methyl sites for hydroxylation is 2. The van der Waals surface area contributed by atoms with Gasteiger partial charge in [0, 0.05) is 6.20 Å². The van der Waals surface area contributed by atoms with Gasteiger partial charge in [0.15, 0.2) is 0 Å². The molecule has 0 aliphatic carbocycles. The second-order valence-corrected chi connectivity index (χ2v) is 3.91. The highest BCUT2D eigenvalue weighted by atomic mass is 35.5. The smallest absolute Gasteiger partial charge is 0.0645 e. The van der Waals surface area contributed by atoms with Crippen LogP contribution in [0.15, 0.2) is 36.5 Å². The van der Waals surface area contributed by atoms with E-state index >= 15 is 0 Å². The Morgan fingerprint density at radius 2 is 1.94 bits per heavy atom. The number of nitrogens with two attached hydrogens (primary N) is 1. The Morgan fingerprint density at radius 1 is 1.24 bits per heavy atom. The minimum atomic E-state index is 0. The van der Waals surface area contributed by atoms with Crippen LogP contribution in [-0.4, -0.2) is 16.3 Å². The topological polar surface area (TPSA) is 43.8 Å². The summed E-state index contributed by atoms with van der Waals surface area (Å²) in [5.74, 6) is 0. The van der Waals surface area contributed by atoms with Crippen LogP contribution in [0.3, 0.4) is 0 Å². The Bertz CT molecular complexity index is 451. The lowest BCUT2D eigenvalue weighted by Gasteiger charge is -1.98. The molecule has 1 aromatic carbocycles. The van der Waals surface area contributed by atoms with Crippen LogP contribution < -0.4 is 5.73 Å². The van der Waals surface area contributed by atoms with Gasteiger partial charge in [-0.15, -0.1) is 12.4 Å². The second-order valence-electron chi connectivity index (χ2n) is 3.91. The lowest BCUT2D eigenvalue weighted by molar-refractivity contribution is 0.828. The summed E-state index contributed by atoms with van der Waals surface area (Å²) in [7, 11) is 0. The average molecular weight is 252 g/mol. The molecular weight excluding hydrogens is 234 g/mol. The van der Waals surface area contributed by atoms with E-state index in [9.17, 15) is 0 Å². The first-order valence-corrected chi connectivity index (χ1v) is 5.62. The number of hydrogen-bond donors (Lipinski definition) is 1. The molecule has 0 aliphatic heterocycles. The van der Waals surface area contributed by atoms with Crippen molar-refractivity contribution in [2.24, 2.45) is 5.73 Å². The van der Waals surface area contributed by atoms with E-state index in [4.69, 9.17) is 5.73 Å². The highest BCUT2D eigenvalue weighted by Crippen LogP contribution is 2.12. The van der Waals surface area contributed by atoms with Gasteiger partial charge in [0.1, 0.15) is 0 Å². The van der Waals surface area contributed by atoms with Gasteiger partial charge in [0.25, 0.3) is 0 Å². The molecule has 2 aromatic rings. The van der Waals surface area contributed by atoms with Gasteiger partial charge in [0.05, 0.1) is 11.4 Å². The largest absolute Gasteiger partial charge is 0.330 e. The highest BCUT2D eigenvalue weighted by molar-refractivity contribution is 5.85. The maximum Gasteiger partial charge on any atom is 0.0645 e. The third-order valence-electron chi connectivity index (χ3n) is 2.67. The van der Waals surface area contributed by atoms with E-state index in [-0.39, 0.29) is 12.4 Å². The van der Waals surface area contributed by atoms with Gasteiger partial charge in [-0.3, -0.25) is 0 Å². The average Bonchev–Trinajstić information content (AvgIpc) is 2.69. The Morgan fingerprint density at radius 3 is 2.59 bits per heavy atom. The Kier molecular flexibility index (Phi) is 5.19. The zero-order valence-electron chi connectivity index (χ0n) is 9.97. The second kappa shape index (κ2) is 6.42. The molecule has 0 unspecified atom stereocenters. The predicted octanol–water partition coefficient (Wildman–Crippen LogP) is 2.49. The van der Waals surface area contributed by atoms with Crippen molar-refractivity contribution in [3.63, 3.8) is 0 Å². The van der Waals surface area contributed by atoms with Crippen molar-refractivity contribution in [3.05, 3.63) is 47.8 Å². The van der Waals surface area contributed by atoms with Crippen LogP contribution in [0.25, 0.3) is 5.69 Å². The monoisotopic (exact) mass is 251 g/mol. The van der Waals surface area contributed by atoms with Crippen molar-refractivity contribution in [3.8, 4) is 5.69 Å². The maximum absolute atomic E-state index is 5.52. The van der Waals surface area contributed by atoms with E-state index in [0.717, 1.165) is 30.8 Å². The molecular formula is C13H18ClN3. The molecule has 0 bridgehead atoms. The molecule has 0 saturated heterocycles. The first kappa shape index (κ1) is 13.7. The minimum absolute atomic E-state index is 0. The van der Waals surface area contributed by atoms with Gasteiger partial charge >= 0.3 is 0 Å². The molecule has 4 heteroatoms. The van der Waals surface area contributed by atoms with Crippen molar-refractivity contribution < 1.29 is 0 Å². The van der Waals surface area contributed by atoms with Crippen LogP contribution in [0.5, 0.6) is 0 Å². The summed E-state index contributed by atoms with van der Waals surface area (Å²) in [4.78, 5) is 0. The van der Waals surface area contributed by atoms with Crippen molar-refractivity contribution in [2.75, 3.05) is 6.54 Å². The number of para-hydroxylation sites is 1. The third kappa shape index (κ3) is 3.32. The van der Waals surface area contributed by atoms with E-state index in [1.165, 1.54) is 5.56 Å². The lowest BCUT2D eigenvalue weighted by Crippen LogP contribution is -2.00. The fraction of sp³-hybridized carbons (Fsp3) is 0.308. The highest BCUT2D eigenvalue weighted by Gasteiger charge is 2.05. The number of halogens is 1. The zero-order chi connectivity index (χ0) is 11.4. The number of rotatable bonds is 4. The van der Waals surface area contributed by atoms with Crippen molar-refractivity contribution in [1.29, 1.82) is 0 Å². The van der Waals surface area contributed by atoms with Gasteiger partial charge < -0.3 is 5.73 Å². The fourth-order valence-electron chi connectivity index (χ4n) is 1.75. The van der Waals surface area contributed by atoms with E-state index in [1.54, 1.807) is 0 Å². The fourth-order valence-corrected chi connectivity index (χ4v) is 1.75. The molecule has 0 saturated carbocycles. The molecule has 0 spiro atoms. The SMILES string of the molecule is Cc1nn(-c2ccccc2)cc1CCCN.Cl. The number of benzene rings is 1.